The van der Waals surface area contributed by atoms with Crippen LogP contribution < -0.4 is 0 Å². The van der Waals surface area contributed by atoms with Gasteiger partial charge in [0.05, 0.1) is 0 Å². The highest BCUT2D eigenvalue weighted by molar-refractivity contribution is 6.31. The molecule has 1 N–H and O–H groups in total. The third-order valence-corrected chi connectivity index (χ3v) is 1.63. The van der Waals surface area contributed by atoms with Crippen LogP contribution in [0.4, 0.5) is 0 Å². The molecule has 4 heteroatoms. The molecule has 0 radical (unpaired) electrons. The van der Waals surface area contributed by atoms with Crippen molar-refractivity contribution in [3.63, 3.8) is 0 Å². The van der Waals surface area contributed by atoms with Crippen molar-refractivity contribution in [1.82, 2.24) is 4.90 Å². The molecule has 1 amide bonds. The van der Waals surface area contributed by atoms with Crippen LogP contribution in [0.15, 0.2) is 0 Å². The molecule has 0 spiro atoms. The molecule has 0 aliphatic carbocycles. The Balaban J connectivity index is 4.42. The number of carboxylic acid groups (broad SMARTS) is 1. The van der Waals surface area contributed by atoms with E-state index in [2.05, 4.69) is 0 Å². The zero-order chi connectivity index (χ0) is 10.6. The van der Waals surface area contributed by atoms with E-state index in [1.165, 1.54) is 4.90 Å². The lowest BCUT2D eigenvalue weighted by Crippen LogP contribution is -2.43. The Bertz CT molecular complexity index is 199. The van der Waals surface area contributed by atoms with Crippen LogP contribution >= 0.6 is 0 Å². The summed E-state index contributed by atoms with van der Waals surface area (Å²) in [5, 5.41) is 8.52. The monoisotopic (exact) mass is 187 g/mol. The molecule has 0 rings (SSSR count). The van der Waals surface area contributed by atoms with Gasteiger partial charge in [0.25, 0.3) is 0 Å². The standard InChI is InChI=1S/C9H17NO3/c1-6(2)5-10(7(3)4)8(11)9(12)13/h6-7H,5H2,1-4H3,(H,12,13). The highest BCUT2D eigenvalue weighted by Gasteiger charge is 2.23. The average Bonchev–Trinajstić information content (AvgIpc) is 1.97. The van der Waals surface area contributed by atoms with Crippen LogP contribution in [0.3, 0.4) is 0 Å². The summed E-state index contributed by atoms with van der Waals surface area (Å²) in [7, 11) is 0. The van der Waals surface area contributed by atoms with E-state index in [9.17, 15) is 9.59 Å². The fraction of sp³-hybridized carbons (Fsp3) is 0.778. The summed E-state index contributed by atoms with van der Waals surface area (Å²) in [5.74, 6) is -1.91. The van der Waals surface area contributed by atoms with Gasteiger partial charge in [0, 0.05) is 12.6 Å². The van der Waals surface area contributed by atoms with Gasteiger partial charge in [0.2, 0.25) is 0 Å². The first-order valence-electron chi connectivity index (χ1n) is 4.40. The topological polar surface area (TPSA) is 57.6 Å². The van der Waals surface area contributed by atoms with Crippen LogP contribution in [0.25, 0.3) is 0 Å². The Kier molecular flexibility index (Phi) is 4.45. The van der Waals surface area contributed by atoms with Crippen molar-refractivity contribution in [2.45, 2.75) is 33.7 Å². The van der Waals surface area contributed by atoms with Crippen molar-refractivity contribution < 1.29 is 14.7 Å². The predicted molar refractivity (Wildman–Crippen MR) is 49.3 cm³/mol. The molecule has 0 fully saturated rings. The van der Waals surface area contributed by atoms with E-state index >= 15 is 0 Å². The summed E-state index contributed by atoms with van der Waals surface area (Å²) < 4.78 is 0. The van der Waals surface area contributed by atoms with Gasteiger partial charge in [-0.15, -0.1) is 0 Å². The smallest absolute Gasteiger partial charge is 0.394 e. The Hall–Kier alpha value is -1.06. The SMILES string of the molecule is CC(C)CN(C(=O)C(=O)O)C(C)C. The van der Waals surface area contributed by atoms with Crippen LogP contribution in [0, 0.1) is 5.92 Å². The van der Waals surface area contributed by atoms with E-state index in [1.807, 2.05) is 27.7 Å². The van der Waals surface area contributed by atoms with E-state index < -0.39 is 11.9 Å². The van der Waals surface area contributed by atoms with E-state index in [0.717, 1.165) is 0 Å². The lowest BCUT2D eigenvalue weighted by molar-refractivity contribution is -0.157. The third kappa shape index (κ3) is 3.92. The van der Waals surface area contributed by atoms with E-state index in [0.29, 0.717) is 6.54 Å². The van der Waals surface area contributed by atoms with Crippen LogP contribution in [-0.2, 0) is 9.59 Å². The van der Waals surface area contributed by atoms with Gasteiger partial charge < -0.3 is 10.0 Å². The van der Waals surface area contributed by atoms with Crippen LogP contribution in [-0.4, -0.2) is 34.5 Å². The average molecular weight is 187 g/mol. The summed E-state index contributed by atoms with van der Waals surface area (Å²) in [4.78, 5) is 22.9. The summed E-state index contributed by atoms with van der Waals surface area (Å²) in [5.41, 5.74) is 0. The second-order valence-corrected chi connectivity index (χ2v) is 3.75. The highest BCUT2D eigenvalue weighted by Crippen LogP contribution is 2.04. The van der Waals surface area contributed by atoms with Gasteiger partial charge in [-0.2, -0.15) is 0 Å². The summed E-state index contributed by atoms with van der Waals surface area (Å²) >= 11 is 0. The first kappa shape index (κ1) is 11.9. The Labute approximate surface area is 78.5 Å². The fourth-order valence-electron chi connectivity index (χ4n) is 1.04. The van der Waals surface area contributed by atoms with Gasteiger partial charge >= 0.3 is 11.9 Å². The van der Waals surface area contributed by atoms with E-state index in [4.69, 9.17) is 5.11 Å². The lowest BCUT2D eigenvalue weighted by Gasteiger charge is -2.26. The van der Waals surface area contributed by atoms with Crippen LogP contribution in [0.5, 0.6) is 0 Å². The number of nitrogens with zero attached hydrogens (tertiary/aromatic N) is 1. The molecule has 0 unspecified atom stereocenters. The second-order valence-electron chi connectivity index (χ2n) is 3.75. The number of rotatable bonds is 3. The van der Waals surface area contributed by atoms with Gasteiger partial charge in [-0.1, -0.05) is 13.8 Å². The maximum atomic E-state index is 11.1. The first-order valence-corrected chi connectivity index (χ1v) is 4.40. The molecular weight excluding hydrogens is 170 g/mol. The minimum Gasteiger partial charge on any atom is -0.474 e. The van der Waals surface area contributed by atoms with Crippen molar-refractivity contribution in [3.05, 3.63) is 0 Å². The minimum atomic E-state index is -1.38. The predicted octanol–water partition coefficient (Wildman–Crippen LogP) is 0.964. The normalized spacial score (nSPS) is 10.6. The number of hydrogen-bond acceptors (Lipinski definition) is 2. The number of aliphatic carboxylic acids is 1. The molecule has 0 aliphatic heterocycles. The first-order chi connectivity index (χ1) is 5.86. The van der Waals surface area contributed by atoms with E-state index in [1.54, 1.807) is 0 Å². The number of amides is 1. The summed E-state index contributed by atoms with van der Waals surface area (Å²) in [6, 6.07) is -0.0639. The number of hydrogen-bond donors (Lipinski definition) is 1. The van der Waals surface area contributed by atoms with Gasteiger partial charge in [-0.25, -0.2) is 4.79 Å². The van der Waals surface area contributed by atoms with Crippen LogP contribution in [0.1, 0.15) is 27.7 Å². The van der Waals surface area contributed by atoms with Gasteiger partial charge in [0.15, 0.2) is 0 Å². The van der Waals surface area contributed by atoms with E-state index in [-0.39, 0.29) is 12.0 Å². The van der Waals surface area contributed by atoms with Crippen molar-refractivity contribution in [1.29, 1.82) is 0 Å². The van der Waals surface area contributed by atoms with Gasteiger partial charge in [-0.3, -0.25) is 4.79 Å². The number of carboxylic acids is 1. The molecule has 13 heavy (non-hydrogen) atoms. The zero-order valence-electron chi connectivity index (χ0n) is 8.57. The molecule has 0 aromatic rings. The molecule has 76 valence electrons. The Morgan fingerprint density at radius 3 is 1.92 bits per heavy atom. The molecule has 0 aliphatic rings. The molecule has 0 bridgehead atoms. The highest BCUT2D eigenvalue weighted by atomic mass is 16.4. The zero-order valence-corrected chi connectivity index (χ0v) is 8.57. The van der Waals surface area contributed by atoms with Crippen molar-refractivity contribution in [2.24, 2.45) is 5.92 Å². The quantitative estimate of drug-likeness (QED) is 0.669. The maximum Gasteiger partial charge on any atom is 0.394 e. The maximum absolute atomic E-state index is 11.1. The molecular formula is C9H17NO3. The molecule has 0 aromatic carbocycles. The lowest BCUT2D eigenvalue weighted by atomic mass is 10.2. The molecule has 0 saturated carbocycles. The van der Waals surface area contributed by atoms with Crippen molar-refractivity contribution >= 4 is 11.9 Å². The van der Waals surface area contributed by atoms with Crippen molar-refractivity contribution in [2.75, 3.05) is 6.54 Å². The molecule has 0 saturated heterocycles. The molecule has 0 aromatic heterocycles. The third-order valence-electron chi connectivity index (χ3n) is 1.63. The fourth-order valence-corrected chi connectivity index (χ4v) is 1.04. The minimum absolute atomic E-state index is 0.0639. The van der Waals surface area contributed by atoms with Gasteiger partial charge in [-0.05, 0) is 19.8 Å². The molecule has 4 nitrogen and oxygen atoms in total. The second kappa shape index (κ2) is 4.84. The number of carbonyl (C=O) groups excluding carboxylic acids is 1. The molecule has 0 heterocycles. The largest absolute Gasteiger partial charge is 0.474 e. The van der Waals surface area contributed by atoms with Gasteiger partial charge in [0.1, 0.15) is 0 Å². The molecule has 0 atom stereocenters. The van der Waals surface area contributed by atoms with Crippen LogP contribution in [0.2, 0.25) is 0 Å². The summed E-state index contributed by atoms with van der Waals surface area (Å²) in [6.45, 7) is 8.00. The Morgan fingerprint density at radius 2 is 1.69 bits per heavy atom. The Morgan fingerprint density at radius 1 is 1.23 bits per heavy atom. The number of carbonyl (C=O) groups is 2. The van der Waals surface area contributed by atoms with Crippen molar-refractivity contribution in [3.8, 4) is 0 Å². The summed E-state index contributed by atoms with van der Waals surface area (Å²) in [6.07, 6.45) is 0.